The Labute approximate surface area is 109 Å². The van der Waals surface area contributed by atoms with Crippen molar-refractivity contribution in [3.63, 3.8) is 0 Å². The smallest absolute Gasteiger partial charge is 0.270 e. The van der Waals surface area contributed by atoms with E-state index < -0.39 is 11.0 Å². The summed E-state index contributed by atoms with van der Waals surface area (Å²) >= 11 is 0. The molecule has 1 unspecified atom stereocenters. The Morgan fingerprint density at radius 2 is 2.32 bits per heavy atom. The van der Waals surface area contributed by atoms with E-state index in [0.717, 1.165) is 0 Å². The molecule has 7 heteroatoms. The predicted molar refractivity (Wildman–Crippen MR) is 68.4 cm³/mol. The molecule has 0 spiro atoms. The average Bonchev–Trinajstić information content (AvgIpc) is 2.85. The normalized spacial score (nSPS) is 12.3. The van der Waals surface area contributed by atoms with Crippen LogP contribution in [0, 0.1) is 10.1 Å². The van der Waals surface area contributed by atoms with E-state index in [-0.39, 0.29) is 5.69 Å². The molecule has 0 fully saturated rings. The van der Waals surface area contributed by atoms with E-state index in [1.807, 2.05) is 0 Å². The molecule has 100 valence electrons. The van der Waals surface area contributed by atoms with Gasteiger partial charge in [-0.25, -0.2) is 4.98 Å². The molecule has 0 radical (unpaired) electrons. The first kappa shape index (κ1) is 13.2. The second-order valence-electron chi connectivity index (χ2n) is 4.28. The third-order valence-corrected chi connectivity index (χ3v) is 2.63. The monoisotopic (exact) mass is 262 g/mol. The molecule has 0 aliphatic heterocycles. The summed E-state index contributed by atoms with van der Waals surface area (Å²) in [5, 5.41) is 24.1. The SMILES string of the molecule is CC(O)CCn1cnc(-c2cccc([N+](=O)[O-])c2)n1. The second-order valence-corrected chi connectivity index (χ2v) is 4.28. The van der Waals surface area contributed by atoms with E-state index in [0.29, 0.717) is 24.4 Å². The fourth-order valence-electron chi connectivity index (χ4n) is 1.61. The van der Waals surface area contributed by atoms with Crippen LogP contribution in [-0.2, 0) is 6.54 Å². The van der Waals surface area contributed by atoms with Crippen molar-refractivity contribution in [3.05, 3.63) is 40.7 Å². The van der Waals surface area contributed by atoms with Gasteiger partial charge < -0.3 is 5.11 Å². The van der Waals surface area contributed by atoms with Gasteiger partial charge in [0.1, 0.15) is 6.33 Å². The molecule has 1 N–H and O–H groups in total. The van der Waals surface area contributed by atoms with E-state index >= 15 is 0 Å². The van der Waals surface area contributed by atoms with E-state index in [9.17, 15) is 15.2 Å². The molecule has 2 aromatic rings. The maximum atomic E-state index is 10.7. The summed E-state index contributed by atoms with van der Waals surface area (Å²) in [6.45, 7) is 2.26. The lowest BCUT2D eigenvalue weighted by Gasteiger charge is -2.02. The van der Waals surface area contributed by atoms with Crippen LogP contribution in [0.25, 0.3) is 11.4 Å². The van der Waals surface area contributed by atoms with Crippen molar-refractivity contribution in [2.45, 2.75) is 26.0 Å². The number of aliphatic hydroxyl groups is 1. The predicted octanol–water partition coefficient (Wildman–Crippen LogP) is 1.62. The lowest BCUT2D eigenvalue weighted by atomic mass is 10.2. The van der Waals surface area contributed by atoms with Gasteiger partial charge in [-0.1, -0.05) is 12.1 Å². The Bertz CT molecular complexity index is 580. The summed E-state index contributed by atoms with van der Waals surface area (Å²) < 4.78 is 1.61. The molecule has 0 bridgehead atoms. The number of nitro benzene ring substituents is 1. The van der Waals surface area contributed by atoms with Crippen molar-refractivity contribution in [1.82, 2.24) is 14.8 Å². The van der Waals surface area contributed by atoms with Crippen molar-refractivity contribution >= 4 is 5.69 Å². The third kappa shape index (κ3) is 3.35. The molecule has 7 nitrogen and oxygen atoms in total. The Morgan fingerprint density at radius 3 is 3.00 bits per heavy atom. The summed E-state index contributed by atoms with van der Waals surface area (Å²) in [5.41, 5.74) is 0.614. The Balaban J connectivity index is 2.18. The third-order valence-electron chi connectivity index (χ3n) is 2.63. The van der Waals surface area contributed by atoms with Gasteiger partial charge >= 0.3 is 0 Å². The highest BCUT2D eigenvalue weighted by molar-refractivity contribution is 5.58. The van der Waals surface area contributed by atoms with Crippen LogP contribution < -0.4 is 0 Å². The molecule has 1 aromatic carbocycles. The fraction of sp³-hybridized carbons (Fsp3) is 0.333. The first-order valence-corrected chi connectivity index (χ1v) is 5.88. The molecule has 1 aromatic heterocycles. The van der Waals surface area contributed by atoms with Gasteiger partial charge in [-0.2, -0.15) is 5.10 Å². The minimum absolute atomic E-state index is 0.0119. The molecule has 2 rings (SSSR count). The van der Waals surface area contributed by atoms with Gasteiger partial charge in [0.2, 0.25) is 0 Å². The number of aliphatic hydroxyl groups excluding tert-OH is 1. The van der Waals surface area contributed by atoms with E-state index in [1.54, 1.807) is 30.1 Å². The molecule has 0 aliphatic carbocycles. The topological polar surface area (TPSA) is 94.1 Å². The zero-order valence-electron chi connectivity index (χ0n) is 10.4. The standard InChI is InChI=1S/C12H14N4O3/c1-9(17)5-6-15-8-13-12(14-15)10-3-2-4-11(7-10)16(18)19/h2-4,7-9,17H,5-6H2,1H3. The largest absolute Gasteiger partial charge is 0.393 e. The van der Waals surface area contributed by atoms with Crippen LogP contribution in [0.1, 0.15) is 13.3 Å². The molecular formula is C12H14N4O3. The van der Waals surface area contributed by atoms with Crippen LogP contribution in [0.2, 0.25) is 0 Å². The minimum Gasteiger partial charge on any atom is -0.393 e. The Morgan fingerprint density at radius 1 is 1.53 bits per heavy atom. The van der Waals surface area contributed by atoms with Gasteiger partial charge in [-0.05, 0) is 13.3 Å². The molecule has 0 aliphatic rings. The number of hydrogen-bond donors (Lipinski definition) is 1. The van der Waals surface area contributed by atoms with Crippen molar-refractivity contribution < 1.29 is 10.0 Å². The summed E-state index contributed by atoms with van der Waals surface area (Å²) in [6, 6.07) is 6.19. The Hall–Kier alpha value is -2.28. The molecule has 1 heterocycles. The number of non-ortho nitro benzene ring substituents is 1. The van der Waals surface area contributed by atoms with Crippen LogP contribution in [-0.4, -0.2) is 30.9 Å². The van der Waals surface area contributed by atoms with Crippen LogP contribution in [0.3, 0.4) is 0 Å². The minimum atomic E-state index is -0.450. The number of nitro groups is 1. The highest BCUT2D eigenvalue weighted by atomic mass is 16.6. The molecule has 0 saturated carbocycles. The zero-order chi connectivity index (χ0) is 13.8. The zero-order valence-corrected chi connectivity index (χ0v) is 10.4. The number of rotatable bonds is 5. The Kier molecular flexibility index (Phi) is 3.86. The van der Waals surface area contributed by atoms with E-state index in [1.165, 1.54) is 12.1 Å². The van der Waals surface area contributed by atoms with Crippen molar-refractivity contribution in [1.29, 1.82) is 0 Å². The van der Waals surface area contributed by atoms with Gasteiger partial charge in [-0.15, -0.1) is 0 Å². The summed E-state index contributed by atoms with van der Waals surface area (Å²) in [6.07, 6.45) is 1.74. The number of nitrogens with zero attached hydrogens (tertiary/aromatic N) is 4. The number of aryl methyl sites for hydroxylation is 1. The molecule has 1 atom stereocenters. The highest BCUT2D eigenvalue weighted by Gasteiger charge is 2.10. The van der Waals surface area contributed by atoms with E-state index in [2.05, 4.69) is 10.1 Å². The lowest BCUT2D eigenvalue weighted by Crippen LogP contribution is -2.07. The van der Waals surface area contributed by atoms with Crippen LogP contribution >= 0.6 is 0 Å². The fourth-order valence-corrected chi connectivity index (χ4v) is 1.61. The van der Waals surface area contributed by atoms with E-state index in [4.69, 9.17) is 0 Å². The van der Waals surface area contributed by atoms with Gasteiger partial charge in [0, 0.05) is 24.2 Å². The number of aromatic nitrogens is 3. The van der Waals surface area contributed by atoms with Crippen molar-refractivity contribution in [3.8, 4) is 11.4 Å². The molecule has 0 saturated heterocycles. The highest BCUT2D eigenvalue weighted by Crippen LogP contribution is 2.20. The lowest BCUT2D eigenvalue weighted by molar-refractivity contribution is -0.384. The van der Waals surface area contributed by atoms with Gasteiger partial charge in [0.05, 0.1) is 11.0 Å². The molecule has 19 heavy (non-hydrogen) atoms. The second kappa shape index (κ2) is 5.57. The van der Waals surface area contributed by atoms with Crippen LogP contribution in [0.4, 0.5) is 5.69 Å². The quantitative estimate of drug-likeness (QED) is 0.652. The number of benzene rings is 1. The van der Waals surface area contributed by atoms with Gasteiger partial charge in [-0.3, -0.25) is 14.8 Å². The first-order chi connectivity index (χ1) is 9.06. The maximum Gasteiger partial charge on any atom is 0.270 e. The van der Waals surface area contributed by atoms with Crippen molar-refractivity contribution in [2.24, 2.45) is 0 Å². The average molecular weight is 262 g/mol. The first-order valence-electron chi connectivity index (χ1n) is 5.88. The summed E-state index contributed by atoms with van der Waals surface area (Å²) in [7, 11) is 0. The summed E-state index contributed by atoms with van der Waals surface area (Å²) in [5.74, 6) is 0.439. The maximum absolute atomic E-state index is 10.7. The van der Waals surface area contributed by atoms with Gasteiger partial charge in [0.15, 0.2) is 5.82 Å². The van der Waals surface area contributed by atoms with Crippen LogP contribution in [0.15, 0.2) is 30.6 Å². The van der Waals surface area contributed by atoms with Crippen molar-refractivity contribution in [2.75, 3.05) is 0 Å². The van der Waals surface area contributed by atoms with Crippen LogP contribution in [0.5, 0.6) is 0 Å². The molecular weight excluding hydrogens is 248 g/mol. The molecule has 0 amide bonds. The summed E-state index contributed by atoms with van der Waals surface area (Å²) in [4.78, 5) is 14.4. The van der Waals surface area contributed by atoms with Gasteiger partial charge in [0.25, 0.3) is 5.69 Å². The number of hydrogen-bond acceptors (Lipinski definition) is 5.